The van der Waals surface area contributed by atoms with Gasteiger partial charge in [0.1, 0.15) is 11.0 Å². The van der Waals surface area contributed by atoms with Gasteiger partial charge in [-0.25, -0.2) is 4.98 Å². The lowest BCUT2D eigenvalue weighted by atomic mass is 10.1. The van der Waals surface area contributed by atoms with E-state index >= 15 is 0 Å². The number of rotatable bonds is 5. The van der Waals surface area contributed by atoms with E-state index in [1.54, 1.807) is 7.11 Å². The minimum Gasteiger partial charge on any atom is -0.497 e. The monoisotopic (exact) mass is 331 g/mol. The number of thiazole rings is 1. The van der Waals surface area contributed by atoms with E-state index in [9.17, 15) is 9.90 Å². The zero-order valence-electron chi connectivity index (χ0n) is 11.7. The standard InChI is InChI=1S/C16H13NO3S2/c1-20-11-7-8-12-13(9-11)21-16(17-12)22-14(15(18)19)10-5-3-2-4-6-10/h2-9,14H,1H3,(H,18,19). The number of carboxylic acids is 1. The van der Waals surface area contributed by atoms with E-state index in [1.807, 2.05) is 48.5 Å². The van der Waals surface area contributed by atoms with Gasteiger partial charge in [-0.15, -0.1) is 11.3 Å². The molecule has 3 rings (SSSR count). The van der Waals surface area contributed by atoms with Gasteiger partial charge in [0.2, 0.25) is 0 Å². The number of hydrogen-bond donors (Lipinski definition) is 1. The summed E-state index contributed by atoms with van der Waals surface area (Å²) in [5.41, 5.74) is 1.61. The second kappa shape index (κ2) is 6.37. The predicted octanol–water partition coefficient (Wildman–Crippen LogP) is 4.22. The largest absolute Gasteiger partial charge is 0.497 e. The molecule has 1 N–H and O–H groups in total. The van der Waals surface area contributed by atoms with Crippen LogP contribution in [-0.4, -0.2) is 23.2 Å². The summed E-state index contributed by atoms with van der Waals surface area (Å²) in [6, 6.07) is 14.8. The lowest BCUT2D eigenvalue weighted by Gasteiger charge is -2.09. The zero-order valence-corrected chi connectivity index (χ0v) is 13.4. The topological polar surface area (TPSA) is 59.4 Å². The molecule has 0 aliphatic rings. The number of benzene rings is 2. The fraction of sp³-hybridized carbons (Fsp3) is 0.125. The first-order valence-corrected chi connectivity index (χ1v) is 8.26. The Labute approximate surface area is 135 Å². The van der Waals surface area contributed by atoms with Crippen LogP contribution in [0.25, 0.3) is 10.2 Å². The van der Waals surface area contributed by atoms with Gasteiger partial charge in [0.15, 0.2) is 4.34 Å². The summed E-state index contributed by atoms with van der Waals surface area (Å²) in [4.78, 5) is 16.1. The number of carboxylic acid groups (broad SMARTS) is 1. The zero-order chi connectivity index (χ0) is 15.5. The minimum atomic E-state index is -0.868. The van der Waals surface area contributed by atoms with Crippen molar-refractivity contribution in [3.05, 3.63) is 54.1 Å². The van der Waals surface area contributed by atoms with Crippen LogP contribution in [0, 0.1) is 0 Å². The van der Waals surface area contributed by atoms with Crippen molar-refractivity contribution >= 4 is 39.3 Å². The number of fused-ring (bicyclic) bond motifs is 1. The summed E-state index contributed by atoms with van der Waals surface area (Å²) in [7, 11) is 1.62. The van der Waals surface area contributed by atoms with Crippen LogP contribution < -0.4 is 4.74 Å². The number of hydrogen-bond acceptors (Lipinski definition) is 5. The molecule has 1 unspecified atom stereocenters. The lowest BCUT2D eigenvalue weighted by Crippen LogP contribution is -2.07. The quantitative estimate of drug-likeness (QED) is 0.709. The summed E-state index contributed by atoms with van der Waals surface area (Å²) in [5, 5.41) is 8.82. The number of methoxy groups -OCH3 is 1. The SMILES string of the molecule is COc1ccc2nc(SC(C(=O)O)c3ccccc3)sc2c1. The Bertz CT molecular complexity index is 802. The summed E-state index contributed by atoms with van der Waals surface area (Å²) in [6.45, 7) is 0. The van der Waals surface area contributed by atoms with Crippen molar-refractivity contribution in [2.24, 2.45) is 0 Å². The third kappa shape index (κ3) is 3.08. The molecule has 0 aliphatic heterocycles. The van der Waals surface area contributed by atoms with Gasteiger partial charge in [-0.1, -0.05) is 42.1 Å². The molecule has 0 bridgehead atoms. The molecule has 22 heavy (non-hydrogen) atoms. The molecule has 3 aromatic rings. The normalized spacial score (nSPS) is 12.2. The van der Waals surface area contributed by atoms with Crippen LogP contribution in [0.2, 0.25) is 0 Å². The molecule has 0 radical (unpaired) electrons. The number of aromatic nitrogens is 1. The van der Waals surface area contributed by atoms with Gasteiger partial charge in [0.05, 0.1) is 17.3 Å². The molecule has 0 fully saturated rings. The molecule has 0 aliphatic carbocycles. The molecule has 0 saturated heterocycles. The molecule has 1 atom stereocenters. The first-order valence-electron chi connectivity index (χ1n) is 6.56. The fourth-order valence-electron chi connectivity index (χ4n) is 2.05. The molecule has 1 heterocycles. The van der Waals surface area contributed by atoms with Crippen molar-refractivity contribution in [2.45, 2.75) is 9.59 Å². The summed E-state index contributed by atoms with van der Waals surface area (Å²) >= 11 is 2.73. The maximum absolute atomic E-state index is 11.6. The van der Waals surface area contributed by atoms with Crippen LogP contribution in [0.4, 0.5) is 0 Å². The van der Waals surface area contributed by atoms with Crippen LogP contribution in [-0.2, 0) is 4.79 Å². The average Bonchev–Trinajstić information content (AvgIpc) is 2.94. The fourth-order valence-corrected chi connectivity index (χ4v) is 4.27. The number of nitrogens with zero attached hydrogens (tertiary/aromatic N) is 1. The van der Waals surface area contributed by atoms with E-state index in [1.165, 1.54) is 23.1 Å². The number of aliphatic carboxylic acids is 1. The van der Waals surface area contributed by atoms with Gasteiger partial charge in [-0.05, 0) is 23.8 Å². The maximum Gasteiger partial charge on any atom is 0.321 e. The van der Waals surface area contributed by atoms with E-state index in [0.29, 0.717) is 0 Å². The number of thioether (sulfide) groups is 1. The van der Waals surface area contributed by atoms with Gasteiger partial charge in [-0.2, -0.15) is 0 Å². The Balaban J connectivity index is 1.91. The maximum atomic E-state index is 11.6. The van der Waals surface area contributed by atoms with E-state index < -0.39 is 11.2 Å². The predicted molar refractivity (Wildman–Crippen MR) is 88.8 cm³/mol. The van der Waals surface area contributed by atoms with Crippen molar-refractivity contribution in [1.29, 1.82) is 0 Å². The molecule has 0 saturated carbocycles. The Morgan fingerprint density at radius 3 is 2.73 bits per heavy atom. The van der Waals surface area contributed by atoms with Crippen molar-refractivity contribution in [1.82, 2.24) is 4.98 Å². The molecule has 0 amide bonds. The molecule has 0 spiro atoms. The molecule has 112 valence electrons. The first kappa shape index (κ1) is 14.9. The summed E-state index contributed by atoms with van der Waals surface area (Å²) in [5.74, 6) is -0.0985. The molecule has 2 aromatic carbocycles. The van der Waals surface area contributed by atoms with Gasteiger partial charge >= 0.3 is 5.97 Å². The molecule has 6 heteroatoms. The van der Waals surface area contributed by atoms with E-state index in [0.717, 1.165) is 25.9 Å². The van der Waals surface area contributed by atoms with Crippen molar-refractivity contribution in [2.75, 3.05) is 7.11 Å². The smallest absolute Gasteiger partial charge is 0.321 e. The highest BCUT2D eigenvalue weighted by molar-refractivity contribution is 8.02. The third-order valence-electron chi connectivity index (χ3n) is 3.12. The van der Waals surface area contributed by atoms with E-state index in [-0.39, 0.29) is 0 Å². The Morgan fingerprint density at radius 2 is 2.05 bits per heavy atom. The second-order valence-corrected chi connectivity index (χ2v) is 6.94. The second-order valence-electron chi connectivity index (χ2n) is 4.56. The van der Waals surface area contributed by atoms with Crippen LogP contribution >= 0.6 is 23.1 Å². The minimum absolute atomic E-state index is 0.663. The number of ether oxygens (including phenoxy) is 1. The Morgan fingerprint density at radius 1 is 1.27 bits per heavy atom. The van der Waals surface area contributed by atoms with Crippen LogP contribution in [0.5, 0.6) is 5.75 Å². The molecule has 4 nitrogen and oxygen atoms in total. The van der Waals surface area contributed by atoms with Crippen LogP contribution in [0.3, 0.4) is 0 Å². The van der Waals surface area contributed by atoms with E-state index in [2.05, 4.69) is 4.98 Å². The summed E-state index contributed by atoms with van der Waals surface area (Å²) < 4.78 is 6.92. The molecular formula is C16H13NO3S2. The van der Waals surface area contributed by atoms with Crippen molar-refractivity contribution in [3.63, 3.8) is 0 Å². The summed E-state index contributed by atoms with van der Waals surface area (Å²) in [6.07, 6.45) is 0. The van der Waals surface area contributed by atoms with Gasteiger partial charge in [0, 0.05) is 0 Å². The first-order chi connectivity index (χ1) is 10.7. The van der Waals surface area contributed by atoms with Crippen LogP contribution in [0.15, 0.2) is 52.9 Å². The Kier molecular flexibility index (Phi) is 4.31. The highest BCUT2D eigenvalue weighted by atomic mass is 32.2. The average molecular weight is 331 g/mol. The van der Waals surface area contributed by atoms with Gasteiger partial charge in [0.25, 0.3) is 0 Å². The van der Waals surface area contributed by atoms with Crippen LogP contribution in [0.1, 0.15) is 10.8 Å². The lowest BCUT2D eigenvalue weighted by molar-refractivity contribution is -0.136. The van der Waals surface area contributed by atoms with E-state index in [4.69, 9.17) is 4.74 Å². The Hall–Kier alpha value is -2.05. The number of carbonyl (C=O) groups is 1. The highest BCUT2D eigenvalue weighted by Gasteiger charge is 2.22. The highest BCUT2D eigenvalue weighted by Crippen LogP contribution is 2.39. The molecular weight excluding hydrogens is 318 g/mol. The van der Waals surface area contributed by atoms with Crippen molar-refractivity contribution < 1.29 is 14.6 Å². The molecule has 1 aromatic heterocycles. The van der Waals surface area contributed by atoms with Gasteiger partial charge in [-0.3, -0.25) is 4.79 Å². The van der Waals surface area contributed by atoms with Crippen molar-refractivity contribution in [3.8, 4) is 5.75 Å². The van der Waals surface area contributed by atoms with Gasteiger partial charge < -0.3 is 9.84 Å². The third-order valence-corrected chi connectivity index (χ3v) is 5.48.